The Labute approximate surface area is 216 Å². The van der Waals surface area contributed by atoms with Crippen LogP contribution in [0.5, 0.6) is 5.75 Å². The van der Waals surface area contributed by atoms with E-state index in [2.05, 4.69) is 32.1 Å². The van der Waals surface area contributed by atoms with Gasteiger partial charge in [0.1, 0.15) is 18.2 Å². The first-order valence-electron chi connectivity index (χ1n) is 12.3. The molecular weight excluding hydrogens is 466 g/mol. The first-order chi connectivity index (χ1) is 17.9. The molecule has 1 aromatic heterocycles. The van der Waals surface area contributed by atoms with Gasteiger partial charge in [-0.25, -0.2) is 4.98 Å². The summed E-state index contributed by atoms with van der Waals surface area (Å²) < 4.78 is 5.90. The number of likely N-dealkylation sites (N-methyl/N-ethyl adjacent to an activating group) is 1. The van der Waals surface area contributed by atoms with E-state index in [1.807, 2.05) is 60.7 Å². The van der Waals surface area contributed by atoms with E-state index in [1.165, 1.54) is 0 Å². The summed E-state index contributed by atoms with van der Waals surface area (Å²) in [6, 6.07) is 20.8. The van der Waals surface area contributed by atoms with E-state index in [-0.39, 0.29) is 11.9 Å². The topological polar surface area (TPSA) is 123 Å². The van der Waals surface area contributed by atoms with Gasteiger partial charge in [0.15, 0.2) is 0 Å². The number of benzene rings is 3. The fraction of sp³-hybridized carbons (Fsp3) is 0.250. The van der Waals surface area contributed by atoms with Crippen LogP contribution in [0.4, 0.5) is 17.5 Å². The minimum Gasteiger partial charge on any atom is -0.489 e. The third kappa shape index (κ3) is 5.90. The molecule has 0 bridgehead atoms. The van der Waals surface area contributed by atoms with Crippen LogP contribution in [0.15, 0.2) is 66.7 Å². The summed E-state index contributed by atoms with van der Waals surface area (Å²) in [5, 5.41) is 3.87. The van der Waals surface area contributed by atoms with Crippen molar-refractivity contribution < 1.29 is 9.53 Å². The summed E-state index contributed by atoms with van der Waals surface area (Å²) >= 11 is 0. The number of nitrogens with two attached hydrogens (primary N) is 2. The van der Waals surface area contributed by atoms with E-state index in [0.29, 0.717) is 29.9 Å². The lowest BCUT2D eigenvalue weighted by Crippen LogP contribution is -2.45. The van der Waals surface area contributed by atoms with Gasteiger partial charge < -0.3 is 31.3 Å². The Morgan fingerprint density at radius 2 is 1.73 bits per heavy atom. The quantitative estimate of drug-likeness (QED) is 0.333. The van der Waals surface area contributed by atoms with Gasteiger partial charge in [0, 0.05) is 49.4 Å². The number of nitrogen functional groups attached to an aromatic ring is 2. The highest BCUT2D eigenvalue weighted by Crippen LogP contribution is 2.26. The Kier molecular flexibility index (Phi) is 7.04. The third-order valence-corrected chi connectivity index (χ3v) is 6.47. The lowest BCUT2D eigenvalue weighted by atomic mass is 10.1. The van der Waals surface area contributed by atoms with Crippen LogP contribution in [-0.2, 0) is 13.2 Å². The normalized spacial score (nSPS) is 14.0. The molecule has 190 valence electrons. The van der Waals surface area contributed by atoms with Crippen molar-refractivity contribution in [3.63, 3.8) is 0 Å². The van der Waals surface area contributed by atoms with E-state index < -0.39 is 0 Å². The summed E-state index contributed by atoms with van der Waals surface area (Å²) in [6.45, 7) is 4.43. The maximum absolute atomic E-state index is 13.0. The molecule has 1 amide bonds. The summed E-state index contributed by atoms with van der Waals surface area (Å²) in [7, 11) is 2.11. The number of anilines is 3. The fourth-order valence-electron chi connectivity index (χ4n) is 4.41. The summed E-state index contributed by atoms with van der Waals surface area (Å²) in [5.41, 5.74) is 15.7. The molecule has 0 unspecified atom stereocenters. The van der Waals surface area contributed by atoms with Crippen molar-refractivity contribution in [2.75, 3.05) is 49.6 Å². The highest BCUT2D eigenvalue weighted by Gasteiger charge is 2.19. The second-order valence-corrected chi connectivity index (χ2v) is 9.29. The van der Waals surface area contributed by atoms with Crippen LogP contribution in [0.1, 0.15) is 21.5 Å². The van der Waals surface area contributed by atoms with Crippen molar-refractivity contribution >= 4 is 34.3 Å². The van der Waals surface area contributed by atoms with Crippen LogP contribution < -0.4 is 26.4 Å². The van der Waals surface area contributed by atoms with Crippen LogP contribution in [0, 0.1) is 0 Å². The van der Waals surface area contributed by atoms with Gasteiger partial charge in [-0.15, -0.1) is 0 Å². The van der Waals surface area contributed by atoms with Crippen LogP contribution in [0.25, 0.3) is 10.9 Å². The summed E-state index contributed by atoms with van der Waals surface area (Å²) in [4.78, 5) is 26.4. The van der Waals surface area contributed by atoms with E-state index in [9.17, 15) is 4.79 Å². The predicted octanol–water partition coefficient (Wildman–Crippen LogP) is 3.06. The summed E-state index contributed by atoms with van der Waals surface area (Å²) in [5.74, 6) is 1.56. The molecule has 0 saturated carbocycles. The number of piperazine rings is 1. The molecule has 5 N–H and O–H groups in total. The highest BCUT2D eigenvalue weighted by atomic mass is 16.5. The average molecular weight is 498 g/mol. The lowest BCUT2D eigenvalue weighted by molar-refractivity contribution is 0.0951. The zero-order chi connectivity index (χ0) is 25.8. The van der Waals surface area contributed by atoms with Crippen LogP contribution >= 0.6 is 0 Å². The van der Waals surface area contributed by atoms with Crippen LogP contribution in [-0.4, -0.2) is 54.0 Å². The maximum atomic E-state index is 13.0. The number of aromatic nitrogens is 2. The van der Waals surface area contributed by atoms with Crippen molar-refractivity contribution in [3.8, 4) is 5.75 Å². The Balaban J connectivity index is 1.25. The Hall–Kier alpha value is -4.37. The third-order valence-electron chi connectivity index (χ3n) is 6.47. The molecule has 37 heavy (non-hydrogen) atoms. The van der Waals surface area contributed by atoms with Gasteiger partial charge in [-0.3, -0.25) is 4.79 Å². The SMILES string of the molecule is CN1CCN(c2nc(N)nc3cc(C(=O)NCc4cccc(OCc5cccc(N)c5)c4)ccc23)CC1. The molecular formula is C28H31N7O2. The molecule has 1 saturated heterocycles. The molecule has 9 nitrogen and oxygen atoms in total. The van der Waals surface area contributed by atoms with Crippen molar-refractivity contribution in [2.45, 2.75) is 13.2 Å². The zero-order valence-corrected chi connectivity index (χ0v) is 20.9. The Morgan fingerprint density at radius 3 is 2.54 bits per heavy atom. The predicted molar refractivity (Wildman–Crippen MR) is 146 cm³/mol. The van der Waals surface area contributed by atoms with Crippen molar-refractivity contribution in [1.29, 1.82) is 0 Å². The molecule has 4 aromatic rings. The molecule has 0 atom stereocenters. The van der Waals surface area contributed by atoms with E-state index in [0.717, 1.165) is 54.3 Å². The van der Waals surface area contributed by atoms with Gasteiger partial charge in [-0.05, 0) is 60.6 Å². The minimum absolute atomic E-state index is 0.189. The maximum Gasteiger partial charge on any atom is 0.251 e. The molecule has 1 fully saturated rings. The molecule has 1 aliphatic heterocycles. The molecule has 9 heteroatoms. The number of ether oxygens (including phenoxy) is 1. The number of fused-ring (bicyclic) bond motifs is 1. The lowest BCUT2D eigenvalue weighted by Gasteiger charge is -2.33. The van der Waals surface area contributed by atoms with Gasteiger partial charge >= 0.3 is 0 Å². The van der Waals surface area contributed by atoms with Crippen LogP contribution in [0.3, 0.4) is 0 Å². The number of carbonyl (C=O) groups is 1. The number of amides is 1. The number of hydrogen-bond donors (Lipinski definition) is 3. The highest BCUT2D eigenvalue weighted by molar-refractivity contribution is 6.00. The number of nitrogens with zero attached hydrogens (tertiary/aromatic N) is 4. The fourth-order valence-corrected chi connectivity index (χ4v) is 4.41. The van der Waals surface area contributed by atoms with Crippen molar-refractivity contribution in [1.82, 2.24) is 20.2 Å². The van der Waals surface area contributed by atoms with Gasteiger partial charge in [0.25, 0.3) is 5.91 Å². The zero-order valence-electron chi connectivity index (χ0n) is 20.9. The minimum atomic E-state index is -0.189. The molecule has 0 radical (unpaired) electrons. The van der Waals surface area contributed by atoms with Gasteiger partial charge in [0.05, 0.1) is 5.52 Å². The second-order valence-electron chi connectivity index (χ2n) is 9.29. The number of hydrogen-bond acceptors (Lipinski definition) is 8. The smallest absolute Gasteiger partial charge is 0.251 e. The standard InChI is InChI=1S/C28H31N7O2/c1-34-10-12-35(13-11-34)26-24-9-8-21(16-25(24)32-28(30)33-26)27(36)31-17-19-4-3-7-23(15-19)37-18-20-5-2-6-22(29)14-20/h2-9,14-16H,10-13,17-18,29H2,1H3,(H,31,36)(H2,30,32,33). The molecule has 2 heterocycles. The van der Waals surface area contributed by atoms with Gasteiger partial charge in [-0.1, -0.05) is 24.3 Å². The van der Waals surface area contributed by atoms with Gasteiger partial charge in [0.2, 0.25) is 5.95 Å². The Morgan fingerprint density at radius 1 is 0.946 bits per heavy atom. The monoisotopic (exact) mass is 497 g/mol. The average Bonchev–Trinajstić information content (AvgIpc) is 2.90. The first kappa shape index (κ1) is 24.3. The van der Waals surface area contributed by atoms with Crippen molar-refractivity contribution in [2.24, 2.45) is 0 Å². The number of nitrogens with one attached hydrogen (secondary N) is 1. The molecule has 3 aromatic carbocycles. The molecule has 5 rings (SSSR count). The second kappa shape index (κ2) is 10.7. The van der Waals surface area contributed by atoms with E-state index in [1.54, 1.807) is 6.07 Å². The van der Waals surface area contributed by atoms with E-state index in [4.69, 9.17) is 16.2 Å². The summed E-state index contributed by atoms with van der Waals surface area (Å²) in [6.07, 6.45) is 0. The molecule has 0 spiro atoms. The first-order valence-corrected chi connectivity index (χ1v) is 12.3. The molecule has 1 aliphatic rings. The van der Waals surface area contributed by atoms with Crippen LogP contribution in [0.2, 0.25) is 0 Å². The van der Waals surface area contributed by atoms with E-state index >= 15 is 0 Å². The van der Waals surface area contributed by atoms with Crippen molar-refractivity contribution in [3.05, 3.63) is 83.4 Å². The largest absolute Gasteiger partial charge is 0.489 e. The molecule has 0 aliphatic carbocycles. The number of rotatable bonds is 7. The Bertz CT molecular complexity index is 1420. The number of carbonyl (C=O) groups excluding carboxylic acids is 1. The van der Waals surface area contributed by atoms with Gasteiger partial charge in [-0.2, -0.15) is 4.98 Å².